The summed E-state index contributed by atoms with van der Waals surface area (Å²) in [6.07, 6.45) is 17.3. The van der Waals surface area contributed by atoms with Gasteiger partial charge in [0.1, 0.15) is 0 Å². The van der Waals surface area contributed by atoms with Crippen molar-refractivity contribution in [1.29, 1.82) is 0 Å². The van der Waals surface area contributed by atoms with E-state index in [1.807, 2.05) is 55.4 Å². The smallest absolute Gasteiger partial charge is 0.0125 e. The summed E-state index contributed by atoms with van der Waals surface area (Å²) < 4.78 is 0. The highest BCUT2D eigenvalue weighted by molar-refractivity contribution is 4.82. The van der Waals surface area contributed by atoms with Crippen molar-refractivity contribution in [1.82, 2.24) is 14.7 Å². The first-order chi connectivity index (χ1) is 21.4. The zero-order valence-corrected chi connectivity index (χ0v) is 36.6. The minimum absolute atomic E-state index is 0.393. The summed E-state index contributed by atoms with van der Waals surface area (Å²) in [6.45, 7) is 51.6. The van der Waals surface area contributed by atoms with Crippen molar-refractivity contribution in [3.63, 3.8) is 0 Å². The van der Waals surface area contributed by atoms with E-state index in [1.165, 1.54) is 116 Å². The summed E-state index contributed by atoms with van der Waals surface area (Å²) in [5.41, 5.74) is 1.81. The highest BCUT2D eigenvalue weighted by Crippen LogP contribution is 2.37. The van der Waals surface area contributed by atoms with Crippen molar-refractivity contribution in [2.24, 2.45) is 11.3 Å². The van der Waals surface area contributed by atoms with Crippen molar-refractivity contribution in [2.45, 2.75) is 232 Å². The van der Waals surface area contributed by atoms with Crippen LogP contribution in [0.3, 0.4) is 0 Å². The molecular weight excluding hydrogens is 558 g/mol. The van der Waals surface area contributed by atoms with Gasteiger partial charge in [-0.25, -0.2) is 0 Å². The van der Waals surface area contributed by atoms with Gasteiger partial charge in [-0.05, 0) is 158 Å². The maximum Gasteiger partial charge on any atom is 0.0125 e. The molecule has 0 aromatic rings. The Hall–Kier alpha value is -0.120. The Morgan fingerprint density at radius 1 is 0.304 bits per heavy atom. The minimum atomic E-state index is 0.393. The predicted octanol–water partition coefficient (Wildman–Crippen LogP) is 13.7. The second-order valence-electron chi connectivity index (χ2n) is 16.6. The molecule has 3 heterocycles. The van der Waals surface area contributed by atoms with Crippen LogP contribution in [0.15, 0.2) is 0 Å². The molecule has 0 amide bonds. The lowest BCUT2D eigenvalue weighted by Crippen LogP contribution is -2.49. The second kappa shape index (κ2) is 29.8. The van der Waals surface area contributed by atoms with Crippen LogP contribution in [0.5, 0.6) is 0 Å². The van der Waals surface area contributed by atoms with Crippen molar-refractivity contribution in [2.75, 3.05) is 39.3 Å². The third-order valence-electron chi connectivity index (χ3n) is 9.24. The first kappa shape index (κ1) is 52.7. The summed E-state index contributed by atoms with van der Waals surface area (Å²) in [4.78, 5) is 7.65. The van der Waals surface area contributed by atoms with Gasteiger partial charge >= 0.3 is 0 Å². The second-order valence-corrected chi connectivity index (χ2v) is 16.6. The lowest BCUT2D eigenvalue weighted by molar-refractivity contribution is 0.0690. The average molecular weight is 656 g/mol. The highest BCUT2D eigenvalue weighted by Gasteiger charge is 2.27. The summed E-state index contributed by atoms with van der Waals surface area (Å²) in [6, 6.07) is 0. The molecule has 0 unspecified atom stereocenters. The van der Waals surface area contributed by atoms with Crippen molar-refractivity contribution < 1.29 is 0 Å². The number of hydrogen-bond donors (Lipinski definition) is 0. The molecule has 1 saturated carbocycles. The molecule has 3 aliphatic heterocycles. The quantitative estimate of drug-likeness (QED) is 0.257. The van der Waals surface area contributed by atoms with Gasteiger partial charge in [0.15, 0.2) is 0 Å². The zero-order chi connectivity index (χ0) is 37.0. The van der Waals surface area contributed by atoms with E-state index in [0.717, 1.165) is 5.92 Å². The zero-order valence-electron chi connectivity index (χ0n) is 36.6. The van der Waals surface area contributed by atoms with Crippen LogP contribution in [-0.4, -0.2) is 70.6 Å². The molecule has 0 aromatic carbocycles. The van der Waals surface area contributed by atoms with Gasteiger partial charge in [-0.2, -0.15) is 0 Å². The summed E-state index contributed by atoms with van der Waals surface area (Å²) in [5.74, 6) is 1.00. The molecule has 46 heavy (non-hydrogen) atoms. The fourth-order valence-corrected chi connectivity index (χ4v) is 6.09. The van der Waals surface area contributed by atoms with Gasteiger partial charge in [-0.1, -0.05) is 108 Å². The fourth-order valence-electron chi connectivity index (χ4n) is 6.09. The largest absolute Gasteiger partial charge is 0.298 e. The van der Waals surface area contributed by atoms with Crippen LogP contribution in [-0.2, 0) is 0 Å². The number of nitrogens with zero attached hydrogens (tertiary/aromatic N) is 3. The molecule has 3 saturated heterocycles. The maximum absolute atomic E-state index is 2.61. The Bertz CT molecular complexity index is 575. The Kier molecular flexibility index (Phi) is 34.1. The molecule has 4 aliphatic rings. The molecule has 0 aromatic heterocycles. The van der Waals surface area contributed by atoms with Crippen LogP contribution in [0.1, 0.15) is 216 Å². The Morgan fingerprint density at radius 2 is 0.522 bits per heavy atom. The summed E-state index contributed by atoms with van der Waals surface area (Å²) >= 11 is 0. The van der Waals surface area contributed by atoms with Gasteiger partial charge in [0.2, 0.25) is 0 Å². The summed E-state index contributed by atoms with van der Waals surface area (Å²) in [5, 5.41) is 0. The van der Waals surface area contributed by atoms with E-state index in [2.05, 4.69) is 97.8 Å². The van der Waals surface area contributed by atoms with Crippen LogP contribution in [0.4, 0.5) is 0 Å². The van der Waals surface area contributed by atoms with E-state index in [4.69, 9.17) is 0 Å². The van der Waals surface area contributed by atoms with E-state index in [1.54, 1.807) is 0 Å². The normalized spacial score (nSPS) is 19.6. The van der Waals surface area contributed by atoms with Gasteiger partial charge in [0.05, 0.1) is 0 Å². The molecule has 3 nitrogen and oxygen atoms in total. The van der Waals surface area contributed by atoms with Crippen molar-refractivity contribution in [3.8, 4) is 0 Å². The minimum Gasteiger partial charge on any atom is -0.298 e. The SMILES string of the molecule is CC.CC.CC.CC.CC(C)(C)C1CCCCC1.CC(C)(C)N1CCC1.CC(C)(C)N1CCCC1.CC(C)(C)N1CCCCCC1. The van der Waals surface area contributed by atoms with Crippen LogP contribution in [0.25, 0.3) is 0 Å². The van der Waals surface area contributed by atoms with E-state index < -0.39 is 0 Å². The van der Waals surface area contributed by atoms with E-state index in [9.17, 15) is 0 Å². The maximum atomic E-state index is 2.61. The predicted molar refractivity (Wildman–Crippen MR) is 218 cm³/mol. The highest BCUT2D eigenvalue weighted by atomic mass is 15.2. The van der Waals surface area contributed by atoms with E-state index in [-0.39, 0.29) is 0 Å². The molecule has 0 spiro atoms. The standard InChI is InChI=1S/C10H21N.C10H20.C8H17N.C7H15N.4C2H6/c1-10(2,3)11-8-6-4-5-7-9-11;1-10(2,3)9-7-5-4-6-8-9;1-8(2,3)9-6-4-5-7-9;1-7(2,3)8-5-4-6-8;4*1-2/h4-9H2,1-3H3;9H,4-8H2,1-3H3;4-7H2,1-3H3;4-6H2,1-3H3;4*1-2H3. The lowest BCUT2D eigenvalue weighted by atomic mass is 9.72. The molecule has 3 heteroatoms. The third kappa shape index (κ3) is 27.8. The van der Waals surface area contributed by atoms with E-state index in [0.29, 0.717) is 22.0 Å². The van der Waals surface area contributed by atoms with E-state index >= 15 is 0 Å². The first-order valence-electron chi connectivity index (χ1n) is 20.7. The third-order valence-corrected chi connectivity index (χ3v) is 9.24. The van der Waals surface area contributed by atoms with Crippen molar-refractivity contribution >= 4 is 0 Å². The van der Waals surface area contributed by atoms with Crippen LogP contribution in [0.2, 0.25) is 0 Å². The van der Waals surface area contributed by atoms with Gasteiger partial charge < -0.3 is 0 Å². The van der Waals surface area contributed by atoms with Crippen LogP contribution in [0, 0.1) is 11.3 Å². The van der Waals surface area contributed by atoms with Gasteiger partial charge in [-0.3, -0.25) is 14.7 Å². The Morgan fingerprint density at radius 3 is 0.696 bits per heavy atom. The monoisotopic (exact) mass is 656 g/mol. The molecule has 284 valence electrons. The number of likely N-dealkylation sites (tertiary alicyclic amines) is 3. The lowest BCUT2D eigenvalue weighted by Gasteiger charge is -2.42. The molecule has 4 rings (SSSR count). The molecule has 0 radical (unpaired) electrons. The summed E-state index contributed by atoms with van der Waals surface area (Å²) in [7, 11) is 0. The number of hydrogen-bond acceptors (Lipinski definition) is 3. The average Bonchev–Trinajstić information content (AvgIpc) is 3.39. The molecule has 4 fully saturated rings. The van der Waals surface area contributed by atoms with Crippen molar-refractivity contribution in [3.05, 3.63) is 0 Å². The van der Waals surface area contributed by atoms with Gasteiger partial charge in [0, 0.05) is 16.6 Å². The molecule has 0 bridgehead atoms. The Balaban J connectivity index is -0.000000239. The molecule has 0 atom stereocenters. The Labute approximate surface area is 296 Å². The van der Waals surface area contributed by atoms with Gasteiger partial charge in [-0.15, -0.1) is 0 Å². The molecule has 1 aliphatic carbocycles. The number of rotatable bonds is 0. The molecule has 0 N–H and O–H groups in total. The van der Waals surface area contributed by atoms with Crippen LogP contribution >= 0.6 is 0 Å². The first-order valence-corrected chi connectivity index (χ1v) is 20.7. The molecular formula is C43H97N3. The van der Waals surface area contributed by atoms with Gasteiger partial charge in [0.25, 0.3) is 0 Å². The fraction of sp³-hybridized carbons (Fsp3) is 1.00. The topological polar surface area (TPSA) is 9.72 Å². The van der Waals surface area contributed by atoms with Crippen LogP contribution < -0.4 is 0 Å².